The van der Waals surface area contributed by atoms with Gasteiger partial charge in [-0.3, -0.25) is 14.4 Å². The number of allylic oxidation sites excluding steroid dienone is 1. The minimum Gasteiger partial charge on any atom is -0.459 e. The minimum atomic E-state index is -2.59. The van der Waals surface area contributed by atoms with Crippen molar-refractivity contribution in [1.82, 2.24) is 0 Å². The Bertz CT molecular complexity index is 1300. The third kappa shape index (κ3) is 7.57. The molecule has 1 aliphatic heterocycles. The van der Waals surface area contributed by atoms with E-state index in [1.54, 1.807) is 40.7 Å². The summed E-state index contributed by atoms with van der Waals surface area (Å²) in [4.78, 5) is 65.1. The Hall–Kier alpha value is -3.29. The summed E-state index contributed by atoms with van der Waals surface area (Å²) in [6.45, 7) is 11.9. The first-order chi connectivity index (χ1) is 21.8. The Labute approximate surface area is 275 Å². The fourth-order valence-corrected chi connectivity index (χ4v) is 6.91. The maximum Gasteiger partial charge on any atom is 0.341 e. The molecule has 2 aliphatic carbocycles. The first-order valence-corrected chi connectivity index (χ1v) is 16.3. The monoisotopic (exact) mass is 666 g/mol. The van der Waals surface area contributed by atoms with Gasteiger partial charge in [0.25, 0.3) is 0 Å². The molecule has 0 unspecified atom stereocenters. The van der Waals surface area contributed by atoms with Crippen molar-refractivity contribution in [3.05, 3.63) is 22.8 Å². The topological polar surface area (TPSA) is 192 Å². The van der Waals surface area contributed by atoms with Crippen molar-refractivity contribution in [1.29, 1.82) is 0 Å². The fourth-order valence-electron chi connectivity index (χ4n) is 6.91. The van der Waals surface area contributed by atoms with Crippen molar-refractivity contribution in [3.63, 3.8) is 0 Å². The van der Waals surface area contributed by atoms with E-state index in [9.17, 15) is 39.3 Å². The lowest BCUT2D eigenvalue weighted by molar-refractivity contribution is -0.212. The van der Waals surface area contributed by atoms with Gasteiger partial charge in [0.15, 0.2) is 29.5 Å². The quantitative estimate of drug-likeness (QED) is 0.0855. The molecule has 3 N–H and O–H groups in total. The normalized spacial score (nSPS) is 34.1. The highest BCUT2D eigenvalue weighted by Gasteiger charge is 2.76. The molecule has 1 heterocycles. The van der Waals surface area contributed by atoms with E-state index in [4.69, 9.17) is 23.7 Å². The second-order valence-corrected chi connectivity index (χ2v) is 13.3. The molecule has 2 fully saturated rings. The van der Waals surface area contributed by atoms with Gasteiger partial charge in [0.05, 0.1) is 12.0 Å². The van der Waals surface area contributed by atoms with Gasteiger partial charge >= 0.3 is 29.8 Å². The van der Waals surface area contributed by atoms with Crippen molar-refractivity contribution in [2.24, 2.45) is 5.92 Å². The van der Waals surface area contributed by atoms with Crippen molar-refractivity contribution in [3.8, 4) is 0 Å². The van der Waals surface area contributed by atoms with Crippen molar-refractivity contribution >= 4 is 29.8 Å². The SMILES string of the molecule is C/C=C(/C)C(=O)O[C@H]1C(C)=C2[C@H]([C@@H]1OC(=O)CCCCC[C@H](C)O)[C@@](C)(OC(C)=O)C[C@H](OC(=O)CCC)[C@@]1(O)[C@H]2OC(=O)[C@@]1(C)O. The summed E-state index contributed by atoms with van der Waals surface area (Å²) in [7, 11) is 0. The smallest absolute Gasteiger partial charge is 0.341 e. The van der Waals surface area contributed by atoms with Crippen LogP contribution in [0.1, 0.15) is 107 Å². The molecular formula is C34H50O13. The fraction of sp³-hybridized carbons (Fsp3) is 0.735. The molecule has 0 aromatic rings. The zero-order valence-corrected chi connectivity index (χ0v) is 28.6. The van der Waals surface area contributed by atoms with Crippen LogP contribution in [0.3, 0.4) is 0 Å². The summed E-state index contributed by atoms with van der Waals surface area (Å²) >= 11 is 0. The van der Waals surface area contributed by atoms with Gasteiger partial charge in [-0.2, -0.15) is 0 Å². The van der Waals surface area contributed by atoms with Crippen LogP contribution in [0, 0.1) is 5.92 Å². The Morgan fingerprint density at radius 2 is 1.66 bits per heavy atom. The maximum absolute atomic E-state index is 13.4. The number of unbranched alkanes of at least 4 members (excludes halogenated alkanes) is 2. The Morgan fingerprint density at radius 1 is 1.02 bits per heavy atom. The molecule has 9 atom stereocenters. The maximum atomic E-state index is 13.4. The van der Waals surface area contributed by atoms with Crippen molar-refractivity contribution in [2.45, 2.75) is 154 Å². The summed E-state index contributed by atoms with van der Waals surface area (Å²) < 4.78 is 29.2. The zero-order chi connectivity index (χ0) is 35.5. The molecule has 0 bridgehead atoms. The van der Waals surface area contributed by atoms with Gasteiger partial charge in [0, 0.05) is 31.8 Å². The van der Waals surface area contributed by atoms with Crippen molar-refractivity contribution in [2.75, 3.05) is 0 Å². The van der Waals surface area contributed by atoms with Crippen LogP contribution in [0.15, 0.2) is 22.8 Å². The van der Waals surface area contributed by atoms with Crippen LogP contribution < -0.4 is 0 Å². The number of fused-ring (bicyclic) bond motifs is 3. The molecule has 3 aliphatic rings. The molecule has 3 rings (SSSR count). The largest absolute Gasteiger partial charge is 0.459 e. The van der Waals surface area contributed by atoms with E-state index in [0.29, 0.717) is 32.1 Å². The molecule has 0 spiro atoms. The molecule has 13 nitrogen and oxygen atoms in total. The Kier molecular flexibility index (Phi) is 12.1. The molecule has 0 amide bonds. The second-order valence-electron chi connectivity index (χ2n) is 13.3. The highest BCUT2D eigenvalue weighted by molar-refractivity contribution is 5.88. The van der Waals surface area contributed by atoms with Crippen LogP contribution in [0.4, 0.5) is 0 Å². The van der Waals surface area contributed by atoms with Crippen LogP contribution in [-0.2, 0) is 47.7 Å². The molecule has 264 valence electrons. The Balaban J connectivity index is 2.20. The first kappa shape index (κ1) is 38.2. The number of hydrogen-bond donors (Lipinski definition) is 3. The summed E-state index contributed by atoms with van der Waals surface area (Å²) in [6.07, 6.45) is -2.53. The zero-order valence-electron chi connectivity index (χ0n) is 28.6. The van der Waals surface area contributed by atoms with Crippen molar-refractivity contribution < 1.29 is 63.0 Å². The number of aliphatic hydroxyl groups excluding tert-OH is 1. The highest BCUT2D eigenvalue weighted by atomic mass is 16.6. The van der Waals surface area contributed by atoms with E-state index < -0.39 is 89.5 Å². The summed E-state index contributed by atoms with van der Waals surface area (Å²) in [5.41, 5.74) is -6.27. The molecule has 1 saturated heterocycles. The molecule has 0 aromatic carbocycles. The standard InChI is InChI=1S/C34H50O13/c1-9-14-23(37)43-22-17-32(7,47-21(6)36)26-25(29-34(22,42)33(8,41)31(40)46-29)20(5)27(45-30(39)18(3)10-2)28(26)44-24(38)16-13-11-12-15-19(4)35/h10,19,22,26-29,35,41-42H,9,11-17H2,1-8H3/b18-10-/t19-,22-,26+,27-,28-,29-,32-,33+,34+/m0/s1. The van der Waals surface area contributed by atoms with E-state index in [1.807, 2.05) is 0 Å². The number of carbonyl (C=O) groups is 5. The average molecular weight is 667 g/mol. The molecule has 1 saturated carbocycles. The molecular weight excluding hydrogens is 616 g/mol. The number of aliphatic hydroxyl groups is 3. The number of rotatable bonds is 13. The van der Waals surface area contributed by atoms with E-state index in [-0.39, 0.29) is 29.6 Å². The van der Waals surface area contributed by atoms with Gasteiger partial charge in [0.2, 0.25) is 0 Å². The summed E-state index contributed by atoms with van der Waals surface area (Å²) in [5, 5.41) is 33.4. The van der Waals surface area contributed by atoms with Gasteiger partial charge in [-0.15, -0.1) is 0 Å². The number of hydrogen-bond acceptors (Lipinski definition) is 13. The number of ether oxygens (including phenoxy) is 5. The van der Waals surface area contributed by atoms with Gasteiger partial charge in [-0.25, -0.2) is 9.59 Å². The van der Waals surface area contributed by atoms with Gasteiger partial charge in [0.1, 0.15) is 11.7 Å². The summed E-state index contributed by atoms with van der Waals surface area (Å²) in [5.74, 6) is -5.21. The lowest BCUT2D eigenvalue weighted by Crippen LogP contribution is -2.64. The third-order valence-corrected chi connectivity index (χ3v) is 9.53. The van der Waals surface area contributed by atoms with Crippen LogP contribution >= 0.6 is 0 Å². The van der Waals surface area contributed by atoms with Crippen LogP contribution in [0.5, 0.6) is 0 Å². The first-order valence-electron chi connectivity index (χ1n) is 16.3. The molecule has 47 heavy (non-hydrogen) atoms. The average Bonchev–Trinajstić information content (AvgIpc) is 3.30. The van der Waals surface area contributed by atoms with Gasteiger partial charge < -0.3 is 39.0 Å². The van der Waals surface area contributed by atoms with E-state index >= 15 is 0 Å². The number of carbonyl (C=O) groups excluding carboxylic acids is 5. The van der Waals surface area contributed by atoms with Gasteiger partial charge in [-0.1, -0.05) is 25.8 Å². The minimum absolute atomic E-state index is 0.00936. The Morgan fingerprint density at radius 3 is 2.23 bits per heavy atom. The van der Waals surface area contributed by atoms with Crippen LogP contribution in [-0.4, -0.2) is 92.5 Å². The van der Waals surface area contributed by atoms with Crippen LogP contribution in [0.25, 0.3) is 0 Å². The predicted octanol–water partition coefficient (Wildman–Crippen LogP) is 2.90. The van der Waals surface area contributed by atoms with Crippen LogP contribution in [0.2, 0.25) is 0 Å². The second kappa shape index (κ2) is 14.9. The van der Waals surface area contributed by atoms with E-state index in [2.05, 4.69) is 0 Å². The summed E-state index contributed by atoms with van der Waals surface area (Å²) in [6, 6.07) is 0. The highest BCUT2D eigenvalue weighted by Crippen LogP contribution is 2.57. The molecule has 0 radical (unpaired) electrons. The third-order valence-electron chi connectivity index (χ3n) is 9.53. The van der Waals surface area contributed by atoms with E-state index in [0.717, 1.165) is 13.8 Å². The lowest BCUT2D eigenvalue weighted by Gasteiger charge is -2.41. The number of esters is 5. The molecule has 0 aromatic heterocycles. The van der Waals surface area contributed by atoms with Gasteiger partial charge in [-0.05, 0) is 72.0 Å². The van der Waals surface area contributed by atoms with E-state index in [1.165, 1.54) is 6.92 Å². The predicted molar refractivity (Wildman–Crippen MR) is 165 cm³/mol. The lowest BCUT2D eigenvalue weighted by atomic mass is 9.75. The molecule has 13 heteroatoms.